The summed E-state index contributed by atoms with van der Waals surface area (Å²) in [6.45, 7) is 8.91. The van der Waals surface area contributed by atoms with Crippen molar-refractivity contribution in [3.63, 3.8) is 0 Å². The van der Waals surface area contributed by atoms with Crippen molar-refractivity contribution in [1.29, 1.82) is 0 Å². The van der Waals surface area contributed by atoms with Gasteiger partial charge < -0.3 is 15.1 Å². The van der Waals surface area contributed by atoms with E-state index in [1.807, 2.05) is 6.92 Å². The van der Waals surface area contributed by atoms with Crippen LogP contribution in [0.3, 0.4) is 0 Å². The molecule has 2 N–H and O–H groups in total. The molecule has 0 saturated carbocycles. The lowest BCUT2D eigenvalue weighted by Gasteiger charge is -2.34. The number of hydrogen-bond donors (Lipinski definition) is 2. The van der Waals surface area contributed by atoms with Gasteiger partial charge in [0, 0.05) is 59.7 Å². The molecule has 2 aromatic heterocycles. The van der Waals surface area contributed by atoms with E-state index in [4.69, 9.17) is 23.2 Å². The highest BCUT2D eigenvalue weighted by molar-refractivity contribution is 6.35. The normalized spacial score (nSPS) is 14.6. The van der Waals surface area contributed by atoms with Crippen LogP contribution in [0.4, 0.5) is 17.6 Å². The summed E-state index contributed by atoms with van der Waals surface area (Å²) in [6, 6.07) is 6.45. The number of H-pyrrole nitrogens is 1. The Morgan fingerprint density at radius 3 is 2.42 bits per heavy atom. The minimum absolute atomic E-state index is 0.278. The molecule has 1 saturated heterocycles. The fourth-order valence-electron chi connectivity index (χ4n) is 3.54. The molecule has 1 aromatic carbocycles. The Kier molecular flexibility index (Phi) is 6.41. The number of nitrogens with one attached hydrogen (secondary N) is 2. The van der Waals surface area contributed by atoms with E-state index >= 15 is 0 Å². The Morgan fingerprint density at radius 2 is 1.77 bits per heavy atom. The number of piperazine rings is 1. The summed E-state index contributed by atoms with van der Waals surface area (Å²) in [7, 11) is 0. The zero-order valence-corrected chi connectivity index (χ0v) is 18.8. The summed E-state index contributed by atoms with van der Waals surface area (Å²) in [5.74, 6) is 0.980. The van der Waals surface area contributed by atoms with Gasteiger partial charge in [0.05, 0.1) is 11.4 Å². The monoisotopic (exact) mass is 459 g/mol. The summed E-state index contributed by atoms with van der Waals surface area (Å²) in [6.07, 6.45) is 1.73. The van der Waals surface area contributed by atoms with Gasteiger partial charge in [0.25, 0.3) is 5.56 Å². The van der Waals surface area contributed by atoms with Gasteiger partial charge in [0.15, 0.2) is 0 Å². The molecule has 0 amide bonds. The molecule has 0 atom stereocenters. The van der Waals surface area contributed by atoms with Gasteiger partial charge in [-0.2, -0.15) is 0 Å². The lowest BCUT2D eigenvalue weighted by Crippen LogP contribution is -2.46. The second kappa shape index (κ2) is 9.21. The third-order valence-corrected chi connectivity index (χ3v) is 5.65. The highest BCUT2D eigenvalue weighted by Crippen LogP contribution is 2.25. The Bertz CT molecular complexity index is 1120. The van der Waals surface area contributed by atoms with Crippen molar-refractivity contribution in [3.05, 3.63) is 56.6 Å². The van der Waals surface area contributed by atoms with Gasteiger partial charge in [-0.3, -0.25) is 9.78 Å². The first-order chi connectivity index (χ1) is 14.9. The minimum atomic E-state index is -0.292. The maximum Gasteiger partial charge on any atom is 0.252 e. The molecule has 1 aliphatic rings. The van der Waals surface area contributed by atoms with Crippen molar-refractivity contribution in [2.45, 2.75) is 13.8 Å². The van der Waals surface area contributed by atoms with Crippen molar-refractivity contribution in [2.75, 3.05) is 42.9 Å². The predicted octanol–water partition coefficient (Wildman–Crippen LogP) is 3.73. The number of hydrogen-bond acceptors (Lipinski definition) is 7. The van der Waals surface area contributed by atoms with Crippen molar-refractivity contribution < 1.29 is 0 Å². The van der Waals surface area contributed by atoms with Crippen LogP contribution in [0.2, 0.25) is 10.0 Å². The van der Waals surface area contributed by atoms with E-state index in [-0.39, 0.29) is 11.5 Å². The standard InChI is InChI=1S/C21H23Cl2N7O/c1-3-29-4-6-30(7-5-29)21-24-12-17(13(2)25-21)18-11-19(31)28-20(27-18)26-16-9-14(22)8-15(23)10-16/h8-12H,3-7H2,1-2H3,(H2,26,27,28,31). The number of aromatic amines is 1. The molecule has 0 unspecified atom stereocenters. The summed E-state index contributed by atoms with van der Waals surface area (Å²) in [5.41, 5.74) is 2.28. The first-order valence-corrected chi connectivity index (χ1v) is 10.8. The molecule has 0 spiro atoms. The second-order valence-electron chi connectivity index (χ2n) is 7.35. The second-order valence-corrected chi connectivity index (χ2v) is 8.23. The highest BCUT2D eigenvalue weighted by Gasteiger charge is 2.19. The van der Waals surface area contributed by atoms with Crippen LogP contribution in [-0.4, -0.2) is 57.6 Å². The topological polar surface area (TPSA) is 90.0 Å². The maximum absolute atomic E-state index is 12.3. The lowest BCUT2D eigenvalue weighted by molar-refractivity contribution is 0.270. The van der Waals surface area contributed by atoms with Crippen molar-refractivity contribution in [1.82, 2.24) is 24.8 Å². The van der Waals surface area contributed by atoms with Crippen LogP contribution in [0, 0.1) is 6.92 Å². The predicted molar refractivity (Wildman–Crippen MR) is 125 cm³/mol. The van der Waals surface area contributed by atoms with Crippen LogP contribution in [0.1, 0.15) is 12.6 Å². The van der Waals surface area contributed by atoms with E-state index in [1.54, 1.807) is 24.4 Å². The molecule has 0 radical (unpaired) electrons. The molecule has 0 aliphatic carbocycles. The minimum Gasteiger partial charge on any atom is -0.338 e. The highest BCUT2D eigenvalue weighted by atomic mass is 35.5. The number of rotatable bonds is 5. The van der Waals surface area contributed by atoms with Crippen molar-refractivity contribution in [2.24, 2.45) is 0 Å². The van der Waals surface area contributed by atoms with Crippen LogP contribution in [0.15, 0.2) is 35.3 Å². The lowest BCUT2D eigenvalue weighted by atomic mass is 10.2. The molecule has 3 heterocycles. The van der Waals surface area contributed by atoms with Crippen molar-refractivity contribution >= 4 is 40.8 Å². The largest absolute Gasteiger partial charge is 0.338 e. The molecule has 162 valence electrons. The third-order valence-electron chi connectivity index (χ3n) is 5.21. The Hall–Kier alpha value is -2.68. The van der Waals surface area contributed by atoms with Crippen LogP contribution in [-0.2, 0) is 0 Å². The van der Waals surface area contributed by atoms with E-state index in [2.05, 4.69) is 42.0 Å². The molecule has 4 rings (SSSR count). The summed E-state index contributed by atoms with van der Waals surface area (Å²) < 4.78 is 0. The van der Waals surface area contributed by atoms with Gasteiger partial charge in [0.2, 0.25) is 11.9 Å². The zero-order chi connectivity index (χ0) is 22.0. The van der Waals surface area contributed by atoms with E-state index < -0.39 is 0 Å². The molecule has 1 aliphatic heterocycles. The van der Waals surface area contributed by atoms with Crippen LogP contribution in [0.5, 0.6) is 0 Å². The van der Waals surface area contributed by atoms with E-state index in [1.165, 1.54) is 6.07 Å². The van der Waals surface area contributed by atoms with Crippen molar-refractivity contribution in [3.8, 4) is 11.3 Å². The Labute approximate surface area is 190 Å². The average Bonchev–Trinajstić information content (AvgIpc) is 2.72. The molecular formula is C21H23Cl2N7O. The number of aromatic nitrogens is 4. The smallest absolute Gasteiger partial charge is 0.252 e. The van der Waals surface area contributed by atoms with Gasteiger partial charge in [0.1, 0.15) is 0 Å². The fraction of sp³-hybridized carbons (Fsp3) is 0.333. The molecule has 10 heteroatoms. The number of benzene rings is 1. The Balaban J connectivity index is 1.58. The van der Waals surface area contributed by atoms with E-state index in [9.17, 15) is 4.79 Å². The molecular weight excluding hydrogens is 437 g/mol. The fourth-order valence-corrected chi connectivity index (χ4v) is 4.07. The number of aryl methyl sites for hydroxylation is 1. The quantitative estimate of drug-likeness (QED) is 0.600. The van der Waals surface area contributed by atoms with Gasteiger partial charge in [-0.25, -0.2) is 15.0 Å². The summed E-state index contributed by atoms with van der Waals surface area (Å²) >= 11 is 12.1. The summed E-state index contributed by atoms with van der Waals surface area (Å²) in [4.78, 5) is 33.3. The zero-order valence-electron chi connectivity index (χ0n) is 17.3. The third kappa shape index (κ3) is 5.15. The molecule has 1 fully saturated rings. The maximum atomic E-state index is 12.3. The number of anilines is 3. The first kappa shape index (κ1) is 21.5. The van der Waals surface area contributed by atoms with Gasteiger partial charge in [-0.05, 0) is 31.7 Å². The van der Waals surface area contributed by atoms with Gasteiger partial charge in [-0.1, -0.05) is 30.1 Å². The van der Waals surface area contributed by atoms with Crippen LogP contribution >= 0.6 is 23.2 Å². The number of nitrogens with zero attached hydrogens (tertiary/aromatic N) is 5. The SMILES string of the molecule is CCN1CCN(c2ncc(-c3cc(=O)[nH]c(Nc4cc(Cl)cc(Cl)c4)n3)c(C)n2)CC1. The first-order valence-electron chi connectivity index (χ1n) is 10.1. The Morgan fingerprint density at radius 1 is 1.06 bits per heavy atom. The van der Waals surface area contributed by atoms with E-state index in [0.717, 1.165) is 38.4 Å². The molecule has 31 heavy (non-hydrogen) atoms. The number of halogens is 2. The molecule has 3 aromatic rings. The molecule has 0 bridgehead atoms. The van der Waals surface area contributed by atoms with Gasteiger partial charge in [-0.15, -0.1) is 0 Å². The average molecular weight is 460 g/mol. The summed E-state index contributed by atoms with van der Waals surface area (Å²) in [5, 5.41) is 4.00. The van der Waals surface area contributed by atoms with E-state index in [0.29, 0.717) is 32.9 Å². The van der Waals surface area contributed by atoms with Crippen LogP contribution in [0.25, 0.3) is 11.3 Å². The molecule has 8 nitrogen and oxygen atoms in total. The van der Waals surface area contributed by atoms with Crippen LogP contribution < -0.4 is 15.8 Å². The van der Waals surface area contributed by atoms with Gasteiger partial charge >= 0.3 is 0 Å². The number of likely N-dealkylation sites (N-methyl/N-ethyl adjacent to an activating group) is 1.